The number of benzene rings is 1. The van der Waals surface area contributed by atoms with E-state index < -0.39 is 54.6 Å². The highest BCUT2D eigenvalue weighted by Crippen LogP contribution is 2.40. The largest absolute Gasteiger partial charge is 0.479 e. The van der Waals surface area contributed by atoms with Gasteiger partial charge >= 0.3 is 11.9 Å². The molecule has 0 saturated carbocycles. The van der Waals surface area contributed by atoms with E-state index in [1.165, 1.54) is 10.9 Å². The van der Waals surface area contributed by atoms with Crippen LogP contribution in [0.25, 0.3) is 11.2 Å². The number of fused-ring (bicyclic) bond motifs is 1. The number of halogens is 1. The fourth-order valence-electron chi connectivity index (χ4n) is 4.65. The lowest BCUT2D eigenvalue weighted by Gasteiger charge is -2.32. The smallest absolute Gasteiger partial charge is 0.348 e. The minimum Gasteiger partial charge on any atom is -0.479 e. The minimum atomic E-state index is -2.72. The standard InChI is InChI=1S/C25H24ClN5O8/c1-2-24(37)15(12-38-25(21(33)34,22(35)36)11-14-7-4-3-5-8-14)39-20(17(24)32)31-13-27-16-18(30-9-6-10-30)28-23(26)29-19(16)31/h1,3-5,7-8,13,15,17,20,32,37H,6,9-12H2,(H,33,34)(H,35,36)/t15-,17+,20-,24-/m1/s1. The van der Waals surface area contributed by atoms with Crippen LogP contribution in [0.1, 0.15) is 18.2 Å². The Bertz CT molecular complexity index is 1440. The number of anilines is 1. The predicted octanol–water partition coefficient (Wildman–Crippen LogP) is 0.480. The first kappa shape index (κ1) is 26.8. The van der Waals surface area contributed by atoms with Crippen molar-refractivity contribution in [3.8, 4) is 12.3 Å². The number of aliphatic hydroxyl groups excluding tert-OH is 1. The first-order valence-corrected chi connectivity index (χ1v) is 12.3. The quantitative estimate of drug-likeness (QED) is 0.162. The molecule has 39 heavy (non-hydrogen) atoms. The lowest BCUT2D eigenvalue weighted by Crippen LogP contribution is -2.55. The van der Waals surface area contributed by atoms with Gasteiger partial charge in [0.1, 0.15) is 12.2 Å². The molecule has 0 radical (unpaired) electrons. The van der Waals surface area contributed by atoms with E-state index in [4.69, 9.17) is 27.5 Å². The van der Waals surface area contributed by atoms with E-state index in [-0.39, 0.29) is 10.9 Å². The molecule has 4 heterocycles. The van der Waals surface area contributed by atoms with Gasteiger partial charge in [-0.25, -0.2) is 14.6 Å². The van der Waals surface area contributed by atoms with E-state index in [1.807, 2.05) is 4.90 Å². The van der Waals surface area contributed by atoms with Gasteiger partial charge in [0.05, 0.1) is 12.9 Å². The van der Waals surface area contributed by atoms with E-state index in [1.54, 1.807) is 30.3 Å². The molecule has 4 atom stereocenters. The summed E-state index contributed by atoms with van der Waals surface area (Å²) in [6.45, 7) is 0.735. The number of nitrogens with zero attached hydrogens (tertiary/aromatic N) is 5. The third-order valence-corrected chi connectivity index (χ3v) is 7.19. The fourth-order valence-corrected chi connectivity index (χ4v) is 4.81. The van der Waals surface area contributed by atoms with Gasteiger partial charge in [0, 0.05) is 19.5 Å². The van der Waals surface area contributed by atoms with Gasteiger partial charge in [-0.3, -0.25) is 4.57 Å². The number of ether oxygens (including phenoxy) is 2. The van der Waals surface area contributed by atoms with Crippen LogP contribution in [0.2, 0.25) is 5.28 Å². The van der Waals surface area contributed by atoms with Crippen molar-refractivity contribution in [1.29, 1.82) is 0 Å². The molecule has 3 aromatic rings. The molecule has 14 heteroatoms. The first-order valence-electron chi connectivity index (χ1n) is 11.9. The molecule has 0 unspecified atom stereocenters. The summed E-state index contributed by atoms with van der Waals surface area (Å²) in [5.41, 5.74) is -4.13. The lowest BCUT2D eigenvalue weighted by atomic mass is 9.92. The molecule has 2 aliphatic rings. The van der Waals surface area contributed by atoms with Gasteiger partial charge in [-0.15, -0.1) is 6.42 Å². The zero-order valence-corrected chi connectivity index (χ0v) is 21.1. The molecule has 5 rings (SSSR count). The van der Waals surface area contributed by atoms with Gasteiger partial charge in [-0.05, 0) is 23.6 Å². The second kappa shape index (κ2) is 10.1. The van der Waals surface area contributed by atoms with Crippen LogP contribution in [0.3, 0.4) is 0 Å². The summed E-state index contributed by atoms with van der Waals surface area (Å²) < 4.78 is 12.7. The molecule has 2 aliphatic heterocycles. The van der Waals surface area contributed by atoms with Gasteiger partial charge in [0.2, 0.25) is 5.28 Å². The molecule has 0 aliphatic carbocycles. The van der Waals surface area contributed by atoms with Crippen LogP contribution in [0, 0.1) is 12.3 Å². The number of terminal acetylenes is 1. The van der Waals surface area contributed by atoms with Crippen molar-refractivity contribution in [1.82, 2.24) is 19.5 Å². The van der Waals surface area contributed by atoms with Gasteiger partial charge in [-0.2, -0.15) is 9.97 Å². The highest BCUT2D eigenvalue weighted by atomic mass is 35.5. The Labute approximate surface area is 226 Å². The van der Waals surface area contributed by atoms with Crippen molar-refractivity contribution in [3.05, 3.63) is 47.5 Å². The maximum absolute atomic E-state index is 12.2. The molecule has 0 spiro atoms. The Morgan fingerprint density at radius 3 is 2.51 bits per heavy atom. The zero-order valence-electron chi connectivity index (χ0n) is 20.3. The van der Waals surface area contributed by atoms with Crippen LogP contribution in [-0.4, -0.2) is 95.0 Å². The number of rotatable bonds is 9. The molecule has 1 aromatic carbocycles. The molecular weight excluding hydrogens is 534 g/mol. The number of carboxylic acid groups (broad SMARTS) is 2. The molecule has 0 bridgehead atoms. The number of imidazole rings is 1. The normalized spacial score (nSPS) is 24.9. The number of aliphatic carboxylic acids is 2. The molecule has 13 nitrogen and oxygen atoms in total. The number of aliphatic hydroxyl groups is 2. The first-order chi connectivity index (χ1) is 18.6. The van der Waals surface area contributed by atoms with Gasteiger partial charge in [0.15, 0.2) is 28.8 Å². The molecule has 2 saturated heterocycles. The van der Waals surface area contributed by atoms with Crippen LogP contribution in [-0.2, 0) is 25.5 Å². The number of carboxylic acids is 2. The summed E-state index contributed by atoms with van der Waals surface area (Å²) in [6, 6.07) is 8.05. The van der Waals surface area contributed by atoms with E-state index in [0.717, 1.165) is 19.5 Å². The Kier molecular flexibility index (Phi) is 6.91. The number of hydrogen-bond acceptors (Lipinski definition) is 10. The Morgan fingerprint density at radius 1 is 1.23 bits per heavy atom. The van der Waals surface area contributed by atoms with E-state index in [0.29, 0.717) is 16.9 Å². The molecule has 204 valence electrons. The van der Waals surface area contributed by atoms with Gasteiger partial charge in [0.25, 0.3) is 5.60 Å². The number of aromatic nitrogens is 4. The van der Waals surface area contributed by atoms with Crippen LogP contribution in [0.4, 0.5) is 5.82 Å². The van der Waals surface area contributed by atoms with Crippen molar-refractivity contribution in [2.24, 2.45) is 0 Å². The van der Waals surface area contributed by atoms with Crippen molar-refractivity contribution >= 4 is 40.5 Å². The van der Waals surface area contributed by atoms with Crippen molar-refractivity contribution in [3.63, 3.8) is 0 Å². The highest BCUT2D eigenvalue weighted by molar-refractivity contribution is 6.28. The van der Waals surface area contributed by atoms with E-state index >= 15 is 0 Å². The number of carbonyl (C=O) groups is 2. The summed E-state index contributed by atoms with van der Waals surface area (Å²) in [6.07, 6.45) is 2.71. The second-order valence-corrected chi connectivity index (χ2v) is 9.66. The maximum atomic E-state index is 12.2. The molecule has 0 amide bonds. The summed E-state index contributed by atoms with van der Waals surface area (Å²) in [5.74, 6) is -0.929. The van der Waals surface area contributed by atoms with Gasteiger partial charge < -0.3 is 34.8 Å². The third kappa shape index (κ3) is 4.46. The average molecular weight is 558 g/mol. The maximum Gasteiger partial charge on any atom is 0.348 e. The number of hydrogen-bond donors (Lipinski definition) is 4. The van der Waals surface area contributed by atoms with Crippen molar-refractivity contribution < 1.29 is 39.5 Å². The second-order valence-electron chi connectivity index (χ2n) is 9.32. The summed E-state index contributed by atoms with van der Waals surface area (Å²) in [7, 11) is 0. The monoisotopic (exact) mass is 557 g/mol. The van der Waals surface area contributed by atoms with Crippen LogP contribution < -0.4 is 4.90 Å². The lowest BCUT2D eigenvalue weighted by molar-refractivity contribution is -0.191. The van der Waals surface area contributed by atoms with Crippen LogP contribution in [0.5, 0.6) is 0 Å². The minimum absolute atomic E-state index is 0.0701. The van der Waals surface area contributed by atoms with E-state index in [9.17, 15) is 30.0 Å². The van der Waals surface area contributed by atoms with Crippen LogP contribution in [0.15, 0.2) is 36.7 Å². The predicted molar refractivity (Wildman–Crippen MR) is 135 cm³/mol. The van der Waals surface area contributed by atoms with Crippen molar-refractivity contribution in [2.75, 3.05) is 24.6 Å². The summed E-state index contributed by atoms with van der Waals surface area (Å²) in [5, 5.41) is 41.9. The van der Waals surface area contributed by atoms with Crippen LogP contribution >= 0.6 is 11.6 Å². The summed E-state index contributed by atoms with van der Waals surface area (Å²) >= 11 is 6.15. The average Bonchev–Trinajstić information content (AvgIpc) is 3.40. The fraction of sp³-hybridized carbons (Fsp3) is 0.400. The molecular formula is C25H24ClN5O8. The highest BCUT2D eigenvalue weighted by Gasteiger charge is 2.58. The third-order valence-electron chi connectivity index (χ3n) is 7.02. The Hall–Kier alpha value is -3.80. The molecule has 4 N–H and O–H groups in total. The summed E-state index contributed by atoms with van der Waals surface area (Å²) in [4.78, 5) is 39.1. The van der Waals surface area contributed by atoms with Gasteiger partial charge in [-0.1, -0.05) is 36.3 Å². The molecule has 2 fully saturated rings. The SMILES string of the molecule is C#C[C@@]1(O)[C@@H](COC(Cc2ccccc2)(C(=O)O)C(=O)O)O[C@@H](n2cnc3c(N4CCC4)nc(Cl)nc32)[C@@H]1O. The Balaban J connectivity index is 1.45. The zero-order chi connectivity index (χ0) is 27.9. The topological polar surface area (TPSA) is 180 Å². The molecule has 2 aromatic heterocycles. The van der Waals surface area contributed by atoms with E-state index in [2.05, 4.69) is 20.9 Å². The Morgan fingerprint density at radius 2 is 1.92 bits per heavy atom. The van der Waals surface area contributed by atoms with Crippen molar-refractivity contribution in [2.45, 2.75) is 42.5 Å².